The number of carbonyl (C=O) groups excluding carboxylic acids is 1. The van der Waals surface area contributed by atoms with Crippen LogP contribution in [0.1, 0.15) is 16.1 Å². The van der Waals surface area contributed by atoms with Crippen LogP contribution in [0, 0.1) is 0 Å². The number of benzene rings is 2. The number of nitrogens with one attached hydrogen (secondary N) is 1. The number of hydrogen-bond acceptors (Lipinski definition) is 5. The maximum Gasteiger partial charge on any atom is 0.321 e. The summed E-state index contributed by atoms with van der Waals surface area (Å²) >= 11 is 1.58. The Bertz CT molecular complexity index is 1140. The number of rotatable bonds is 4. The van der Waals surface area contributed by atoms with E-state index >= 15 is 0 Å². The SMILES string of the molecule is CN(Cc1nc2ccccc2s1)C(=O)Nc1cccc2c1CCN(S(C)(=O)=O)C2. The highest BCUT2D eigenvalue weighted by Gasteiger charge is 2.25. The number of nitrogens with zero attached hydrogens (tertiary/aromatic N) is 3. The molecule has 1 aliphatic heterocycles. The predicted octanol–water partition coefficient (Wildman–Crippen LogP) is 3.28. The van der Waals surface area contributed by atoms with Gasteiger partial charge in [0.25, 0.3) is 0 Å². The molecule has 2 heterocycles. The Balaban J connectivity index is 1.47. The van der Waals surface area contributed by atoms with E-state index in [0.29, 0.717) is 26.1 Å². The van der Waals surface area contributed by atoms with Crippen LogP contribution in [0.3, 0.4) is 0 Å². The maximum atomic E-state index is 12.7. The number of hydrogen-bond donors (Lipinski definition) is 1. The number of para-hydroxylation sites is 1. The van der Waals surface area contributed by atoms with Crippen LogP contribution < -0.4 is 5.32 Å². The molecule has 0 fully saturated rings. The Kier molecular flexibility index (Phi) is 5.28. The first-order chi connectivity index (χ1) is 13.8. The lowest BCUT2D eigenvalue weighted by molar-refractivity contribution is 0.220. The minimum Gasteiger partial charge on any atom is -0.321 e. The molecule has 0 atom stereocenters. The van der Waals surface area contributed by atoms with Crippen LogP contribution in [0.5, 0.6) is 0 Å². The lowest BCUT2D eigenvalue weighted by Gasteiger charge is -2.28. The second kappa shape index (κ2) is 7.74. The van der Waals surface area contributed by atoms with Gasteiger partial charge in [-0.15, -0.1) is 11.3 Å². The van der Waals surface area contributed by atoms with Gasteiger partial charge in [0.2, 0.25) is 10.0 Å². The predicted molar refractivity (Wildman–Crippen MR) is 116 cm³/mol. The first-order valence-corrected chi connectivity index (χ1v) is 11.9. The molecule has 3 aromatic rings. The minimum absolute atomic E-state index is 0.219. The summed E-state index contributed by atoms with van der Waals surface area (Å²) in [6.45, 7) is 1.17. The van der Waals surface area contributed by atoms with Gasteiger partial charge in [-0.3, -0.25) is 0 Å². The molecular formula is C20H22N4O3S2. The molecular weight excluding hydrogens is 408 g/mol. The first kappa shape index (κ1) is 19.8. The minimum atomic E-state index is -3.23. The van der Waals surface area contributed by atoms with E-state index in [1.54, 1.807) is 23.3 Å². The average molecular weight is 431 g/mol. The number of thiazole rings is 1. The summed E-state index contributed by atoms with van der Waals surface area (Å²) < 4.78 is 26.2. The Hall–Kier alpha value is -2.49. The van der Waals surface area contributed by atoms with Gasteiger partial charge in [0.1, 0.15) is 5.01 Å². The summed E-state index contributed by atoms with van der Waals surface area (Å²) in [5.74, 6) is 0. The number of anilines is 1. The third-order valence-corrected chi connectivity index (χ3v) is 7.27. The molecule has 2 aromatic carbocycles. The second-order valence-electron chi connectivity index (χ2n) is 7.15. The molecule has 2 amide bonds. The molecule has 7 nitrogen and oxygen atoms in total. The normalized spacial score (nSPS) is 14.6. The zero-order valence-electron chi connectivity index (χ0n) is 16.3. The fraction of sp³-hybridized carbons (Fsp3) is 0.300. The van der Waals surface area contributed by atoms with Gasteiger partial charge in [0.05, 0.1) is 23.0 Å². The van der Waals surface area contributed by atoms with Crippen LogP contribution in [0.25, 0.3) is 10.2 Å². The largest absolute Gasteiger partial charge is 0.321 e. The fourth-order valence-electron chi connectivity index (χ4n) is 3.46. The van der Waals surface area contributed by atoms with E-state index in [0.717, 1.165) is 32.0 Å². The van der Waals surface area contributed by atoms with Crippen molar-refractivity contribution in [2.24, 2.45) is 0 Å². The van der Waals surface area contributed by atoms with Crippen molar-refractivity contribution in [3.63, 3.8) is 0 Å². The molecule has 0 bridgehead atoms. The third kappa shape index (κ3) is 4.26. The van der Waals surface area contributed by atoms with Gasteiger partial charge in [0.15, 0.2) is 0 Å². The molecule has 29 heavy (non-hydrogen) atoms. The summed E-state index contributed by atoms with van der Waals surface area (Å²) in [5.41, 5.74) is 3.59. The highest BCUT2D eigenvalue weighted by Crippen LogP contribution is 2.28. The average Bonchev–Trinajstić information content (AvgIpc) is 3.09. The van der Waals surface area contributed by atoms with Crippen LogP contribution >= 0.6 is 11.3 Å². The van der Waals surface area contributed by atoms with Crippen molar-refractivity contribution in [1.82, 2.24) is 14.2 Å². The molecule has 152 valence electrons. The lowest BCUT2D eigenvalue weighted by Crippen LogP contribution is -2.36. The summed E-state index contributed by atoms with van der Waals surface area (Å²) in [7, 11) is -1.49. The molecule has 0 unspecified atom stereocenters. The van der Waals surface area contributed by atoms with Crippen molar-refractivity contribution in [3.05, 3.63) is 58.6 Å². The zero-order valence-corrected chi connectivity index (χ0v) is 17.9. The fourth-order valence-corrected chi connectivity index (χ4v) is 5.27. The number of sulfonamides is 1. The summed E-state index contributed by atoms with van der Waals surface area (Å²) in [5, 5.41) is 3.85. The molecule has 4 rings (SSSR count). The third-order valence-electron chi connectivity index (χ3n) is 5.00. The molecule has 0 saturated heterocycles. The quantitative estimate of drug-likeness (QED) is 0.689. The van der Waals surface area contributed by atoms with Crippen molar-refractivity contribution < 1.29 is 13.2 Å². The molecule has 1 aliphatic rings. The van der Waals surface area contributed by atoms with E-state index in [4.69, 9.17) is 0 Å². The van der Waals surface area contributed by atoms with Crippen LogP contribution in [0.4, 0.5) is 10.5 Å². The Morgan fingerprint density at radius 1 is 1.24 bits per heavy atom. The number of urea groups is 1. The Labute approximate surface area is 174 Å². The topological polar surface area (TPSA) is 82.6 Å². The summed E-state index contributed by atoms with van der Waals surface area (Å²) in [6, 6.07) is 13.3. The summed E-state index contributed by atoms with van der Waals surface area (Å²) in [6.07, 6.45) is 1.79. The Morgan fingerprint density at radius 2 is 2.03 bits per heavy atom. The molecule has 0 radical (unpaired) electrons. The van der Waals surface area contributed by atoms with Crippen molar-refractivity contribution >= 4 is 43.3 Å². The smallest absolute Gasteiger partial charge is 0.321 e. The van der Waals surface area contributed by atoms with E-state index in [1.165, 1.54) is 10.6 Å². The molecule has 0 aliphatic carbocycles. The van der Waals surface area contributed by atoms with Crippen LogP contribution in [-0.4, -0.2) is 48.5 Å². The van der Waals surface area contributed by atoms with E-state index in [2.05, 4.69) is 10.3 Å². The van der Waals surface area contributed by atoms with E-state index in [9.17, 15) is 13.2 Å². The zero-order chi connectivity index (χ0) is 20.6. The Morgan fingerprint density at radius 3 is 2.79 bits per heavy atom. The molecule has 1 N–H and O–H groups in total. The van der Waals surface area contributed by atoms with Crippen LogP contribution in [-0.2, 0) is 29.5 Å². The van der Waals surface area contributed by atoms with Gasteiger partial charge >= 0.3 is 6.03 Å². The lowest BCUT2D eigenvalue weighted by atomic mass is 9.99. The van der Waals surface area contributed by atoms with Crippen LogP contribution in [0.15, 0.2) is 42.5 Å². The summed E-state index contributed by atoms with van der Waals surface area (Å²) in [4.78, 5) is 18.9. The molecule has 9 heteroatoms. The van der Waals surface area contributed by atoms with Gasteiger partial charge in [-0.05, 0) is 35.7 Å². The van der Waals surface area contributed by atoms with E-state index in [-0.39, 0.29) is 6.03 Å². The van der Waals surface area contributed by atoms with Crippen molar-refractivity contribution in [3.8, 4) is 0 Å². The number of amides is 2. The van der Waals surface area contributed by atoms with Crippen molar-refractivity contribution in [2.75, 3.05) is 25.2 Å². The van der Waals surface area contributed by atoms with E-state index < -0.39 is 10.0 Å². The highest BCUT2D eigenvalue weighted by molar-refractivity contribution is 7.88. The van der Waals surface area contributed by atoms with Gasteiger partial charge in [-0.2, -0.15) is 4.31 Å². The standard InChI is InChI=1S/C20H22N4O3S2/c1-23(13-19-21-17-7-3-4-9-18(17)28-19)20(25)22-16-8-5-6-14-12-24(29(2,26)27)11-10-15(14)16/h3-9H,10-13H2,1-2H3,(H,22,25). The number of fused-ring (bicyclic) bond motifs is 2. The molecule has 0 saturated carbocycles. The highest BCUT2D eigenvalue weighted by atomic mass is 32.2. The second-order valence-corrected chi connectivity index (χ2v) is 10.2. The number of carbonyl (C=O) groups is 1. The van der Waals surface area contributed by atoms with Crippen molar-refractivity contribution in [1.29, 1.82) is 0 Å². The molecule has 1 aromatic heterocycles. The number of aromatic nitrogens is 1. The van der Waals surface area contributed by atoms with E-state index in [1.807, 2.05) is 42.5 Å². The first-order valence-electron chi connectivity index (χ1n) is 9.24. The van der Waals surface area contributed by atoms with Crippen LogP contribution in [0.2, 0.25) is 0 Å². The van der Waals surface area contributed by atoms with Gasteiger partial charge < -0.3 is 10.2 Å². The van der Waals surface area contributed by atoms with Gasteiger partial charge in [0, 0.05) is 25.8 Å². The molecule has 0 spiro atoms. The van der Waals surface area contributed by atoms with Gasteiger partial charge in [-0.1, -0.05) is 24.3 Å². The monoisotopic (exact) mass is 430 g/mol. The maximum absolute atomic E-state index is 12.7. The van der Waals surface area contributed by atoms with Crippen molar-refractivity contribution in [2.45, 2.75) is 19.5 Å². The van der Waals surface area contributed by atoms with Gasteiger partial charge in [-0.25, -0.2) is 18.2 Å².